The number of carbonyl (C=O) groups is 2. The van der Waals surface area contributed by atoms with Crippen molar-refractivity contribution in [1.82, 2.24) is 15.6 Å². The molecule has 0 saturated heterocycles. The Labute approximate surface area is 140 Å². The lowest BCUT2D eigenvalue weighted by Gasteiger charge is -2.21. The van der Waals surface area contributed by atoms with Crippen molar-refractivity contribution in [3.05, 3.63) is 52.5 Å². The standard InChI is InChI=1S/C17H21N3O2S/c1-12(2)16(20-15(21)9-14-6-4-8-23-14)17(22)19-11-13-5-3-7-18-10-13/h3-8,10,12,16H,9,11H2,1-2H3,(H,19,22)(H,20,21)/t16-/m1/s1. The van der Waals surface area contributed by atoms with Gasteiger partial charge in [0, 0.05) is 23.8 Å². The Bertz CT molecular complexity index is 627. The first-order valence-electron chi connectivity index (χ1n) is 7.54. The lowest BCUT2D eigenvalue weighted by molar-refractivity contribution is -0.129. The normalized spacial score (nSPS) is 12.0. The van der Waals surface area contributed by atoms with Crippen LogP contribution in [0.25, 0.3) is 0 Å². The van der Waals surface area contributed by atoms with E-state index in [1.807, 2.05) is 43.5 Å². The van der Waals surface area contributed by atoms with Gasteiger partial charge in [0.25, 0.3) is 0 Å². The van der Waals surface area contributed by atoms with Crippen LogP contribution in [-0.4, -0.2) is 22.8 Å². The minimum atomic E-state index is -0.542. The predicted octanol–water partition coefficient (Wildman–Crippen LogP) is 2.14. The molecule has 122 valence electrons. The van der Waals surface area contributed by atoms with Gasteiger partial charge < -0.3 is 10.6 Å². The van der Waals surface area contributed by atoms with Crippen LogP contribution in [0.1, 0.15) is 24.3 Å². The Morgan fingerprint density at radius 2 is 2.09 bits per heavy atom. The van der Waals surface area contributed by atoms with Gasteiger partial charge >= 0.3 is 0 Å². The first kappa shape index (κ1) is 17.1. The van der Waals surface area contributed by atoms with E-state index in [9.17, 15) is 9.59 Å². The molecule has 2 heterocycles. The summed E-state index contributed by atoms with van der Waals surface area (Å²) in [6.07, 6.45) is 3.70. The summed E-state index contributed by atoms with van der Waals surface area (Å²) < 4.78 is 0. The highest BCUT2D eigenvalue weighted by Crippen LogP contribution is 2.10. The van der Waals surface area contributed by atoms with Crippen LogP contribution in [0.15, 0.2) is 42.0 Å². The molecule has 0 aliphatic heterocycles. The molecule has 0 saturated carbocycles. The number of pyridine rings is 1. The number of nitrogens with zero attached hydrogens (tertiary/aromatic N) is 1. The molecule has 0 unspecified atom stereocenters. The molecule has 2 rings (SSSR count). The third-order valence-corrected chi connectivity index (χ3v) is 4.25. The molecule has 2 aromatic rings. The van der Waals surface area contributed by atoms with Gasteiger partial charge in [0.1, 0.15) is 6.04 Å². The predicted molar refractivity (Wildman–Crippen MR) is 90.9 cm³/mol. The minimum absolute atomic E-state index is 0.0104. The van der Waals surface area contributed by atoms with Gasteiger partial charge in [0.2, 0.25) is 11.8 Å². The molecule has 2 aromatic heterocycles. The fraction of sp³-hybridized carbons (Fsp3) is 0.353. The third-order valence-electron chi connectivity index (χ3n) is 3.37. The fourth-order valence-corrected chi connectivity index (χ4v) is 2.84. The summed E-state index contributed by atoms with van der Waals surface area (Å²) in [5.41, 5.74) is 0.924. The van der Waals surface area contributed by atoms with Gasteiger partial charge in [-0.25, -0.2) is 0 Å². The van der Waals surface area contributed by atoms with Gasteiger partial charge in [-0.3, -0.25) is 14.6 Å². The number of hydrogen-bond donors (Lipinski definition) is 2. The Morgan fingerprint density at radius 3 is 2.70 bits per heavy atom. The first-order valence-corrected chi connectivity index (χ1v) is 8.42. The highest BCUT2D eigenvalue weighted by molar-refractivity contribution is 7.10. The average molecular weight is 331 g/mol. The number of rotatable bonds is 7. The van der Waals surface area contributed by atoms with Crippen LogP contribution in [0.3, 0.4) is 0 Å². The highest BCUT2D eigenvalue weighted by Gasteiger charge is 2.24. The van der Waals surface area contributed by atoms with E-state index in [4.69, 9.17) is 0 Å². The van der Waals surface area contributed by atoms with Crippen LogP contribution in [0.2, 0.25) is 0 Å². The topological polar surface area (TPSA) is 71.1 Å². The summed E-state index contributed by atoms with van der Waals surface area (Å²) >= 11 is 1.53. The SMILES string of the molecule is CC(C)[C@@H](NC(=O)Cc1cccs1)C(=O)NCc1cccnc1. The summed E-state index contributed by atoms with van der Waals surface area (Å²) in [5, 5.41) is 7.62. The van der Waals surface area contributed by atoms with E-state index < -0.39 is 6.04 Å². The van der Waals surface area contributed by atoms with Crippen LogP contribution in [-0.2, 0) is 22.6 Å². The Morgan fingerprint density at radius 1 is 1.26 bits per heavy atom. The summed E-state index contributed by atoms with van der Waals surface area (Å²) in [6.45, 7) is 4.23. The van der Waals surface area contributed by atoms with E-state index in [0.29, 0.717) is 13.0 Å². The van der Waals surface area contributed by atoms with Crippen molar-refractivity contribution in [1.29, 1.82) is 0 Å². The Balaban J connectivity index is 1.89. The van der Waals surface area contributed by atoms with Crippen molar-refractivity contribution >= 4 is 23.2 Å². The monoisotopic (exact) mass is 331 g/mol. The molecule has 0 aliphatic carbocycles. The molecule has 0 aliphatic rings. The number of aromatic nitrogens is 1. The molecule has 1 atom stereocenters. The van der Waals surface area contributed by atoms with E-state index >= 15 is 0 Å². The number of nitrogens with one attached hydrogen (secondary N) is 2. The van der Waals surface area contributed by atoms with Crippen LogP contribution in [0.4, 0.5) is 0 Å². The molecule has 6 heteroatoms. The zero-order valence-corrected chi connectivity index (χ0v) is 14.1. The molecule has 2 N–H and O–H groups in total. The summed E-state index contributed by atoms with van der Waals surface area (Å²) in [6, 6.07) is 7.00. The van der Waals surface area contributed by atoms with Crippen molar-refractivity contribution in [3.63, 3.8) is 0 Å². The quantitative estimate of drug-likeness (QED) is 0.816. The molecule has 5 nitrogen and oxygen atoms in total. The largest absolute Gasteiger partial charge is 0.350 e. The maximum Gasteiger partial charge on any atom is 0.243 e. The Kier molecular flexibility index (Phi) is 6.29. The van der Waals surface area contributed by atoms with Gasteiger partial charge in [-0.1, -0.05) is 26.0 Å². The van der Waals surface area contributed by atoms with Gasteiger partial charge in [-0.15, -0.1) is 11.3 Å². The van der Waals surface area contributed by atoms with Gasteiger partial charge in [0.05, 0.1) is 6.42 Å². The number of carbonyl (C=O) groups excluding carboxylic acids is 2. The van der Waals surface area contributed by atoms with Crippen molar-refractivity contribution in [2.75, 3.05) is 0 Å². The van der Waals surface area contributed by atoms with E-state index in [1.54, 1.807) is 12.4 Å². The first-order chi connectivity index (χ1) is 11.1. The number of thiophene rings is 1. The highest BCUT2D eigenvalue weighted by atomic mass is 32.1. The van der Waals surface area contributed by atoms with E-state index in [0.717, 1.165) is 10.4 Å². The minimum Gasteiger partial charge on any atom is -0.350 e. The van der Waals surface area contributed by atoms with Crippen LogP contribution in [0.5, 0.6) is 0 Å². The summed E-state index contributed by atoms with van der Waals surface area (Å²) in [4.78, 5) is 29.5. The van der Waals surface area contributed by atoms with E-state index in [-0.39, 0.29) is 17.7 Å². The van der Waals surface area contributed by atoms with Gasteiger partial charge in [0.15, 0.2) is 0 Å². The van der Waals surface area contributed by atoms with Gasteiger partial charge in [-0.05, 0) is 29.0 Å². The van der Waals surface area contributed by atoms with Crippen LogP contribution >= 0.6 is 11.3 Å². The molecular weight excluding hydrogens is 310 g/mol. The molecular formula is C17H21N3O2S. The third kappa shape index (κ3) is 5.49. The van der Waals surface area contributed by atoms with Crippen LogP contribution in [0, 0.1) is 5.92 Å². The second-order valence-electron chi connectivity index (χ2n) is 5.62. The van der Waals surface area contributed by atoms with Gasteiger partial charge in [-0.2, -0.15) is 0 Å². The van der Waals surface area contributed by atoms with Crippen LogP contribution < -0.4 is 10.6 Å². The maximum atomic E-state index is 12.4. The van der Waals surface area contributed by atoms with E-state index in [1.165, 1.54) is 11.3 Å². The van der Waals surface area contributed by atoms with Crippen molar-refractivity contribution in [2.24, 2.45) is 5.92 Å². The molecule has 2 amide bonds. The zero-order chi connectivity index (χ0) is 16.7. The second-order valence-corrected chi connectivity index (χ2v) is 6.66. The zero-order valence-electron chi connectivity index (χ0n) is 13.3. The number of amides is 2. The summed E-state index contributed by atoms with van der Waals surface area (Å²) in [5.74, 6) is -0.303. The summed E-state index contributed by atoms with van der Waals surface area (Å²) in [7, 11) is 0. The Hall–Kier alpha value is -2.21. The molecule has 23 heavy (non-hydrogen) atoms. The molecule has 0 radical (unpaired) electrons. The molecule has 0 fully saturated rings. The molecule has 0 bridgehead atoms. The van der Waals surface area contributed by atoms with Crippen molar-refractivity contribution in [2.45, 2.75) is 32.9 Å². The molecule has 0 aromatic carbocycles. The second kappa shape index (κ2) is 8.43. The average Bonchev–Trinajstić information content (AvgIpc) is 3.04. The van der Waals surface area contributed by atoms with E-state index in [2.05, 4.69) is 15.6 Å². The number of hydrogen-bond acceptors (Lipinski definition) is 4. The fourth-order valence-electron chi connectivity index (χ4n) is 2.13. The molecule has 0 spiro atoms. The van der Waals surface area contributed by atoms with Crippen molar-refractivity contribution in [3.8, 4) is 0 Å². The lowest BCUT2D eigenvalue weighted by Crippen LogP contribution is -2.49. The lowest BCUT2D eigenvalue weighted by atomic mass is 10.0. The maximum absolute atomic E-state index is 12.4. The van der Waals surface area contributed by atoms with Crippen molar-refractivity contribution < 1.29 is 9.59 Å². The smallest absolute Gasteiger partial charge is 0.243 e.